The minimum atomic E-state index is -0.180. The normalized spacial score (nSPS) is 32.1. The summed E-state index contributed by atoms with van der Waals surface area (Å²) in [4.78, 5) is 0. The van der Waals surface area contributed by atoms with E-state index < -0.39 is 0 Å². The number of aryl methyl sites for hydroxylation is 2. The Morgan fingerprint density at radius 2 is 2.33 bits per heavy atom. The van der Waals surface area contributed by atoms with Gasteiger partial charge >= 0.3 is 0 Å². The Bertz CT molecular complexity index is 438. The zero-order valence-corrected chi connectivity index (χ0v) is 11.4. The molecule has 0 bridgehead atoms. The van der Waals surface area contributed by atoms with E-state index in [1.807, 2.05) is 6.92 Å². The molecule has 4 nitrogen and oxygen atoms in total. The number of ether oxygens (including phenoxy) is 1. The fourth-order valence-corrected chi connectivity index (χ4v) is 3.23. The third kappa shape index (κ3) is 2.08. The predicted molar refractivity (Wildman–Crippen MR) is 70.3 cm³/mol. The van der Waals surface area contributed by atoms with E-state index in [0.717, 1.165) is 31.7 Å². The Hall–Kier alpha value is -0.870. The smallest absolute Gasteiger partial charge is 0.0787 e. The van der Waals surface area contributed by atoms with Gasteiger partial charge in [-0.1, -0.05) is 0 Å². The lowest BCUT2D eigenvalue weighted by molar-refractivity contribution is 0.0621. The first-order chi connectivity index (χ1) is 8.62. The van der Waals surface area contributed by atoms with Gasteiger partial charge < -0.3 is 10.5 Å². The van der Waals surface area contributed by atoms with Gasteiger partial charge in [0.1, 0.15) is 0 Å². The topological polar surface area (TPSA) is 53.1 Å². The summed E-state index contributed by atoms with van der Waals surface area (Å²) in [5, 5.41) is 4.51. The third-order valence-corrected chi connectivity index (χ3v) is 4.28. The van der Waals surface area contributed by atoms with Crippen molar-refractivity contribution in [1.82, 2.24) is 9.78 Å². The van der Waals surface area contributed by atoms with E-state index in [-0.39, 0.29) is 11.6 Å². The van der Waals surface area contributed by atoms with Crippen LogP contribution in [0.2, 0.25) is 0 Å². The summed E-state index contributed by atoms with van der Waals surface area (Å²) in [6, 6.07) is 2.17. The average Bonchev–Trinajstić information content (AvgIpc) is 3.01. The molecule has 100 valence electrons. The van der Waals surface area contributed by atoms with Crippen LogP contribution in [0.25, 0.3) is 0 Å². The van der Waals surface area contributed by atoms with Crippen LogP contribution in [0.1, 0.15) is 37.6 Å². The Morgan fingerprint density at radius 1 is 1.56 bits per heavy atom. The fourth-order valence-electron chi connectivity index (χ4n) is 3.23. The summed E-state index contributed by atoms with van der Waals surface area (Å²) < 4.78 is 7.97. The molecule has 2 fully saturated rings. The maximum atomic E-state index is 6.64. The van der Waals surface area contributed by atoms with Crippen LogP contribution in [0.3, 0.4) is 0 Å². The van der Waals surface area contributed by atoms with Gasteiger partial charge in [0.15, 0.2) is 0 Å². The first-order valence-electron chi connectivity index (χ1n) is 7.06. The van der Waals surface area contributed by atoms with Gasteiger partial charge in [-0.25, -0.2) is 0 Å². The molecule has 18 heavy (non-hydrogen) atoms. The fraction of sp³-hybridized carbons (Fsp3) is 0.786. The largest absolute Gasteiger partial charge is 0.376 e. The summed E-state index contributed by atoms with van der Waals surface area (Å²) in [6.07, 6.45) is 4.70. The van der Waals surface area contributed by atoms with Crippen LogP contribution in [0.4, 0.5) is 0 Å². The highest BCUT2D eigenvalue weighted by atomic mass is 16.5. The first-order valence-corrected chi connectivity index (χ1v) is 7.06. The molecule has 0 spiro atoms. The lowest BCUT2D eigenvalue weighted by Gasteiger charge is -2.30. The monoisotopic (exact) mass is 249 g/mol. The molecule has 2 unspecified atom stereocenters. The Kier molecular flexibility index (Phi) is 2.94. The maximum absolute atomic E-state index is 6.64. The zero-order valence-electron chi connectivity index (χ0n) is 11.4. The molecule has 1 saturated heterocycles. The highest BCUT2D eigenvalue weighted by molar-refractivity contribution is 5.16. The summed E-state index contributed by atoms with van der Waals surface area (Å²) in [7, 11) is 0. The molecule has 1 aliphatic heterocycles. The van der Waals surface area contributed by atoms with E-state index in [9.17, 15) is 0 Å². The standard InChI is InChI=1S/C14H23N3O/c1-3-17-12(8-10(2)16-17)9-14(15)6-7-18-13(14)11-4-5-11/h8,11,13H,3-7,9,15H2,1-2H3. The second-order valence-electron chi connectivity index (χ2n) is 5.88. The highest BCUT2D eigenvalue weighted by Gasteiger charge is 2.49. The third-order valence-electron chi connectivity index (χ3n) is 4.28. The van der Waals surface area contributed by atoms with E-state index >= 15 is 0 Å². The van der Waals surface area contributed by atoms with Crippen molar-refractivity contribution in [3.63, 3.8) is 0 Å². The number of rotatable bonds is 4. The number of hydrogen-bond acceptors (Lipinski definition) is 3. The van der Waals surface area contributed by atoms with Crippen molar-refractivity contribution < 1.29 is 4.74 Å². The van der Waals surface area contributed by atoms with Gasteiger partial charge in [-0.15, -0.1) is 0 Å². The van der Waals surface area contributed by atoms with Crippen molar-refractivity contribution in [1.29, 1.82) is 0 Å². The van der Waals surface area contributed by atoms with Crippen LogP contribution in [0.5, 0.6) is 0 Å². The quantitative estimate of drug-likeness (QED) is 0.882. The zero-order chi connectivity index (χ0) is 12.8. The molecule has 1 saturated carbocycles. The summed E-state index contributed by atoms with van der Waals surface area (Å²) in [6.45, 7) is 5.90. The van der Waals surface area contributed by atoms with Gasteiger partial charge in [-0.2, -0.15) is 5.10 Å². The number of aromatic nitrogens is 2. The molecular weight excluding hydrogens is 226 g/mol. The lowest BCUT2D eigenvalue weighted by atomic mass is 9.85. The average molecular weight is 249 g/mol. The minimum Gasteiger partial charge on any atom is -0.376 e. The Morgan fingerprint density at radius 3 is 3.00 bits per heavy atom. The van der Waals surface area contributed by atoms with E-state index in [2.05, 4.69) is 22.8 Å². The SMILES string of the molecule is CCn1nc(C)cc1CC1(N)CCOC1C1CC1. The molecule has 3 rings (SSSR count). The summed E-state index contributed by atoms with van der Waals surface area (Å²) >= 11 is 0. The molecule has 4 heteroatoms. The van der Waals surface area contributed by atoms with Crippen molar-refractivity contribution in [2.24, 2.45) is 11.7 Å². The van der Waals surface area contributed by atoms with Crippen molar-refractivity contribution in [2.45, 2.75) is 57.7 Å². The molecule has 2 heterocycles. The van der Waals surface area contributed by atoms with Gasteiger partial charge in [0.2, 0.25) is 0 Å². The number of hydrogen-bond donors (Lipinski definition) is 1. The van der Waals surface area contributed by atoms with Crippen molar-refractivity contribution >= 4 is 0 Å². The predicted octanol–water partition coefficient (Wildman–Crippen LogP) is 1.65. The lowest BCUT2D eigenvalue weighted by Crippen LogP contribution is -2.50. The van der Waals surface area contributed by atoms with Crippen molar-refractivity contribution in [3.8, 4) is 0 Å². The van der Waals surface area contributed by atoms with Gasteiger partial charge in [-0.3, -0.25) is 4.68 Å². The van der Waals surface area contributed by atoms with Crippen molar-refractivity contribution in [2.75, 3.05) is 6.61 Å². The second kappa shape index (κ2) is 4.35. The van der Waals surface area contributed by atoms with Crippen LogP contribution < -0.4 is 5.73 Å². The van der Waals surface area contributed by atoms with Gasteiger partial charge in [-0.05, 0) is 45.1 Å². The van der Waals surface area contributed by atoms with Gasteiger partial charge in [0.25, 0.3) is 0 Å². The van der Waals surface area contributed by atoms with Crippen LogP contribution >= 0.6 is 0 Å². The Labute approximate surface area is 108 Å². The maximum Gasteiger partial charge on any atom is 0.0787 e. The minimum absolute atomic E-state index is 0.180. The molecule has 2 atom stereocenters. The molecule has 1 aliphatic carbocycles. The van der Waals surface area contributed by atoms with Crippen LogP contribution in [0, 0.1) is 12.8 Å². The van der Waals surface area contributed by atoms with E-state index in [1.165, 1.54) is 18.5 Å². The van der Waals surface area contributed by atoms with Crippen LogP contribution in [0.15, 0.2) is 6.07 Å². The van der Waals surface area contributed by atoms with Crippen LogP contribution in [-0.2, 0) is 17.7 Å². The number of nitrogens with zero attached hydrogens (tertiary/aromatic N) is 2. The Balaban J connectivity index is 1.81. The van der Waals surface area contributed by atoms with E-state index in [1.54, 1.807) is 0 Å². The molecule has 1 aromatic rings. The number of nitrogens with two attached hydrogens (primary N) is 1. The van der Waals surface area contributed by atoms with Gasteiger partial charge in [0.05, 0.1) is 17.3 Å². The first kappa shape index (κ1) is 12.2. The molecular formula is C14H23N3O. The summed E-state index contributed by atoms with van der Waals surface area (Å²) in [5.41, 5.74) is 8.80. The van der Waals surface area contributed by atoms with E-state index in [0.29, 0.717) is 5.92 Å². The molecule has 0 radical (unpaired) electrons. The van der Waals surface area contributed by atoms with Gasteiger partial charge in [0, 0.05) is 25.3 Å². The van der Waals surface area contributed by atoms with Crippen LogP contribution in [-0.4, -0.2) is 28.0 Å². The molecule has 1 aromatic heterocycles. The van der Waals surface area contributed by atoms with Crippen molar-refractivity contribution in [3.05, 3.63) is 17.5 Å². The second-order valence-corrected chi connectivity index (χ2v) is 5.88. The molecule has 0 amide bonds. The summed E-state index contributed by atoms with van der Waals surface area (Å²) in [5.74, 6) is 0.705. The highest BCUT2D eigenvalue weighted by Crippen LogP contribution is 2.43. The molecule has 2 aliphatic rings. The molecule has 2 N–H and O–H groups in total. The molecule has 0 aromatic carbocycles. The van der Waals surface area contributed by atoms with E-state index in [4.69, 9.17) is 10.5 Å².